The van der Waals surface area contributed by atoms with Gasteiger partial charge in [0.1, 0.15) is 17.5 Å². The molecule has 2 fully saturated rings. The topological polar surface area (TPSA) is 106 Å². The average Bonchev–Trinajstić information content (AvgIpc) is 2.66. The van der Waals surface area contributed by atoms with Crippen LogP contribution in [0.2, 0.25) is 0 Å². The van der Waals surface area contributed by atoms with Crippen LogP contribution in [0.15, 0.2) is 18.2 Å². The number of hydrogen-bond donors (Lipinski definition) is 4. The summed E-state index contributed by atoms with van der Waals surface area (Å²) in [5, 5.41) is 24.1. The van der Waals surface area contributed by atoms with Crippen molar-refractivity contribution in [2.24, 2.45) is 0 Å². The Labute approximate surface area is 164 Å². The summed E-state index contributed by atoms with van der Waals surface area (Å²) in [5.41, 5.74) is 3.82. The molecule has 8 nitrogen and oxygen atoms in total. The van der Waals surface area contributed by atoms with Gasteiger partial charge >= 0.3 is 0 Å². The van der Waals surface area contributed by atoms with Crippen LogP contribution < -0.4 is 15.5 Å². The molecule has 8 heteroatoms. The highest BCUT2D eigenvalue weighted by molar-refractivity contribution is 5.88. The molecular weight excluding hydrogens is 356 g/mol. The molecular formula is C20H26N6O2. The second-order valence-electron chi connectivity index (χ2n) is 7.35. The second kappa shape index (κ2) is 7.83. The van der Waals surface area contributed by atoms with E-state index in [1.807, 2.05) is 30.9 Å². The Morgan fingerprint density at radius 3 is 2.79 bits per heavy atom. The molecule has 0 bridgehead atoms. The van der Waals surface area contributed by atoms with Crippen molar-refractivity contribution in [2.75, 3.05) is 43.0 Å². The minimum Gasteiger partial charge on any atom is -0.389 e. The monoisotopic (exact) mass is 382 g/mol. The number of nitrogens with one attached hydrogen (secondary N) is 3. The first-order valence-electron chi connectivity index (χ1n) is 9.56. The summed E-state index contributed by atoms with van der Waals surface area (Å²) in [5.74, 6) is 2.12. The fraction of sp³-hybridized carbons (Fsp3) is 0.450. The zero-order valence-corrected chi connectivity index (χ0v) is 16.2. The van der Waals surface area contributed by atoms with E-state index < -0.39 is 0 Å². The van der Waals surface area contributed by atoms with Gasteiger partial charge in [-0.15, -0.1) is 0 Å². The lowest BCUT2D eigenvalue weighted by molar-refractivity contribution is 0.0273. The summed E-state index contributed by atoms with van der Waals surface area (Å²) in [6.07, 6.45) is 1.05. The fourth-order valence-electron chi connectivity index (χ4n) is 3.65. The van der Waals surface area contributed by atoms with Crippen LogP contribution in [0.5, 0.6) is 0 Å². The molecule has 2 saturated heterocycles. The van der Waals surface area contributed by atoms with Crippen molar-refractivity contribution in [1.29, 1.82) is 5.41 Å². The van der Waals surface area contributed by atoms with Crippen LogP contribution >= 0.6 is 0 Å². The van der Waals surface area contributed by atoms with Crippen molar-refractivity contribution in [3.05, 3.63) is 40.7 Å². The van der Waals surface area contributed by atoms with Crippen molar-refractivity contribution < 1.29 is 9.84 Å². The first-order valence-corrected chi connectivity index (χ1v) is 9.56. The van der Waals surface area contributed by atoms with Crippen LogP contribution in [-0.2, 0) is 4.74 Å². The molecule has 0 aliphatic carbocycles. The number of hydrogen-bond acceptors (Lipinski definition) is 8. The first kappa shape index (κ1) is 18.8. The highest BCUT2D eigenvalue weighted by atomic mass is 16.5. The molecule has 0 spiro atoms. The molecule has 1 aromatic heterocycles. The van der Waals surface area contributed by atoms with E-state index in [-0.39, 0.29) is 12.2 Å². The quantitative estimate of drug-likeness (QED) is 0.583. The number of aryl methyl sites for hydroxylation is 2. The van der Waals surface area contributed by atoms with Gasteiger partial charge in [-0.3, -0.25) is 0 Å². The predicted molar refractivity (Wildman–Crippen MR) is 109 cm³/mol. The molecule has 1 unspecified atom stereocenters. The summed E-state index contributed by atoms with van der Waals surface area (Å²) in [7, 11) is 0. The number of rotatable bonds is 5. The number of anilines is 3. The van der Waals surface area contributed by atoms with Gasteiger partial charge in [0, 0.05) is 49.7 Å². The van der Waals surface area contributed by atoms with Crippen molar-refractivity contribution in [2.45, 2.75) is 26.1 Å². The number of aliphatic hydroxyl groups is 1. The molecule has 2 aromatic rings. The Morgan fingerprint density at radius 1 is 1.29 bits per heavy atom. The third kappa shape index (κ3) is 3.84. The van der Waals surface area contributed by atoms with Crippen LogP contribution in [0.25, 0.3) is 0 Å². The molecule has 0 amide bonds. The summed E-state index contributed by atoms with van der Waals surface area (Å²) in [6, 6.07) is 5.94. The smallest absolute Gasteiger partial charge is 0.136 e. The molecule has 148 valence electrons. The Morgan fingerprint density at radius 2 is 2.11 bits per heavy atom. The number of nitrogens with zero attached hydrogens (tertiary/aromatic N) is 3. The van der Waals surface area contributed by atoms with E-state index in [0.717, 1.165) is 41.3 Å². The maximum Gasteiger partial charge on any atom is 0.136 e. The Kier molecular flexibility index (Phi) is 5.25. The first-order chi connectivity index (χ1) is 13.5. The fourth-order valence-corrected chi connectivity index (χ4v) is 3.65. The van der Waals surface area contributed by atoms with Gasteiger partial charge in [0.05, 0.1) is 18.8 Å². The zero-order valence-electron chi connectivity index (χ0n) is 16.2. The lowest BCUT2D eigenvalue weighted by Crippen LogP contribution is -2.51. The van der Waals surface area contributed by atoms with E-state index in [2.05, 4.69) is 26.7 Å². The highest BCUT2D eigenvalue weighted by Crippen LogP contribution is 2.30. The van der Waals surface area contributed by atoms with Crippen LogP contribution in [0, 0.1) is 19.3 Å². The predicted octanol–water partition coefficient (Wildman–Crippen LogP) is 1.68. The van der Waals surface area contributed by atoms with Gasteiger partial charge in [-0.2, -0.15) is 0 Å². The maximum absolute atomic E-state index is 9.56. The van der Waals surface area contributed by atoms with Gasteiger partial charge in [-0.25, -0.2) is 9.97 Å². The molecule has 28 heavy (non-hydrogen) atoms. The van der Waals surface area contributed by atoms with Crippen LogP contribution in [0.4, 0.5) is 17.3 Å². The summed E-state index contributed by atoms with van der Waals surface area (Å²) < 4.78 is 5.92. The summed E-state index contributed by atoms with van der Waals surface area (Å²) in [6.45, 7) is 7.41. The number of benzene rings is 1. The van der Waals surface area contributed by atoms with E-state index in [0.29, 0.717) is 31.3 Å². The van der Waals surface area contributed by atoms with E-state index in [9.17, 15) is 5.11 Å². The van der Waals surface area contributed by atoms with Crippen molar-refractivity contribution >= 4 is 23.5 Å². The summed E-state index contributed by atoms with van der Waals surface area (Å²) >= 11 is 0. The van der Waals surface area contributed by atoms with E-state index in [1.165, 1.54) is 6.21 Å². The van der Waals surface area contributed by atoms with E-state index in [1.54, 1.807) is 0 Å². The van der Waals surface area contributed by atoms with Gasteiger partial charge < -0.3 is 30.8 Å². The van der Waals surface area contributed by atoms with E-state index in [4.69, 9.17) is 10.1 Å². The van der Waals surface area contributed by atoms with Gasteiger partial charge in [0.15, 0.2) is 0 Å². The Hall–Kier alpha value is -2.55. The van der Waals surface area contributed by atoms with Crippen LogP contribution in [0.1, 0.15) is 28.6 Å². The molecule has 3 heterocycles. The SMILES string of the molecule is Cc1nc(Nc2cc(C3CNCCO3)c(C)cc2C=N)cc(N2CC(O)C2)n1. The average molecular weight is 382 g/mol. The largest absolute Gasteiger partial charge is 0.389 e. The van der Waals surface area contributed by atoms with Crippen molar-refractivity contribution in [3.63, 3.8) is 0 Å². The molecule has 0 radical (unpaired) electrons. The van der Waals surface area contributed by atoms with Crippen molar-refractivity contribution in [3.8, 4) is 0 Å². The maximum atomic E-state index is 9.56. The Bertz CT molecular complexity index is 875. The third-order valence-corrected chi connectivity index (χ3v) is 5.14. The van der Waals surface area contributed by atoms with E-state index >= 15 is 0 Å². The molecule has 1 aromatic carbocycles. The molecule has 1 atom stereocenters. The lowest BCUT2D eigenvalue weighted by Gasteiger charge is -2.37. The zero-order chi connectivity index (χ0) is 19.7. The van der Waals surface area contributed by atoms with Crippen molar-refractivity contribution in [1.82, 2.24) is 15.3 Å². The van der Waals surface area contributed by atoms with Gasteiger partial charge in [0.25, 0.3) is 0 Å². The number of β-amino-alcohol motifs (C(OH)–C–C–N with tert-alkyl or cyclic N) is 1. The number of morpholine rings is 1. The number of aromatic nitrogens is 2. The molecule has 4 N–H and O–H groups in total. The molecule has 0 saturated carbocycles. The Balaban J connectivity index is 1.64. The number of ether oxygens (including phenoxy) is 1. The number of aliphatic hydroxyl groups excluding tert-OH is 1. The van der Waals surface area contributed by atoms with Crippen LogP contribution in [-0.4, -0.2) is 60.2 Å². The van der Waals surface area contributed by atoms with Crippen LogP contribution in [0.3, 0.4) is 0 Å². The minimum absolute atomic E-state index is 0.000597. The normalized spacial score (nSPS) is 20.0. The van der Waals surface area contributed by atoms with Gasteiger partial charge in [-0.1, -0.05) is 0 Å². The van der Waals surface area contributed by atoms with Gasteiger partial charge in [-0.05, 0) is 37.1 Å². The standard InChI is InChI=1S/C20H26N6O2/c1-12-5-14(8-21)17(6-16(12)18-9-22-3-4-28-18)25-19-7-20(24-13(2)23-19)26-10-15(27)11-26/h5-8,15,18,21-22,27H,3-4,9-11H2,1-2H3,(H,23,24,25). The summed E-state index contributed by atoms with van der Waals surface area (Å²) in [4.78, 5) is 11.0. The van der Waals surface area contributed by atoms with Gasteiger partial charge in [0.2, 0.25) is 0 Å². The highest BCUT2D eigenvalue weighted by Gasteiger charge is 2.26. The molecule has 2 aliphatic rings. The third-order valence-electron chi connectivity index (χ3n) is 5.14. The minimum atomic E-state index is -0.292. The molecule has 2 aliphatic heterocycles. The molecule has 4 rings (SSSR count). The lowest BCUT2D eigenvalue weighted by atomic mass is 9.98. The second-order valence-corrected chi connectivity index (χ2v) is 7.35.